The molecule has 0 atom stereocenters. The summed E-state index contributed by atoms with van der Waals surface area (Å²) >= 11 is 0. The van der Waals surface area contributed by atoms with E-state index in [-0.39, 0.29) is 30.3 Å². The molecule has 0 bridgehead atoms. The molecule has 1 N–H and O–H groups in total. The van der Waals surface area contributed by atoms with Crippen LogP contribution < -0.4 is 5.32 Å². The minimum atomic E-state index is -0.700. The summed E-state index contributed by atoms with van der Waals surface area (Å²) in [5.41, 5.74) is -0.456. The zero-order valence-electron chi connectivity index (χ0n) is 12.5. The van der Waals surface area contributed by atoms with Crippen LogP contribution in [-0.2, 0) is 4.79 Å². The van der Waals surface area contributed by atoms with Gasteiger partial charge in [0.15, 0.2) is 0 Å². The van der Waals surface area contributed by atoms with Crippen LogP contribution in [0.25, 0.3) is 0 Å². The summed E-state index contributed by atoms with van der Waals surface area (Å²) < 4.78 is 0. The highest BCUT2D eigenvalue weighted by atomic mass is 16.2. The van der Waals surface area contributed by atoms with E-state index in [1.54, 1.807) is 0 Å². The van der Waals surface area contributed by atoms with Crippen LogP contribution in [0.3, 0.4) is 0 Å². The molecule has 2 rings (SSSR count). The molecule has 1 aliphatic carbocycles. The number of carbonyl (C=O) groups excluding carboxylic acids is 2. The van der Waals surface area contributed by atoms with Gasteiger partial charge < -0.3 is 5.32 Å². The molecule has 0 aromatic carbocycles. The Bertz CT molecular complexity index is 451. The predicted molar refractivity (Wildman–Crippen MR) is 74.6 cm³/mol. The summed E-state index contributed by atoms with van der Waals surface area (Å²) in [6.07, 6.45) is 3.54. The average Bonchev–Trinajstić information content (AvgIpc) is 2.59. The van der Waals surface area contributed by atoms with Gasteiger partial charge in [0.25, 0.3) is 5.91 Å². The molecule has 5 nitrogen and oxygen atoms in total. The maximum absolute atomic E-state index is 12.5. The van der Waals surface area contributed by atoms with Gasteiger partial charge in [0.2, 0.25) is 0 Å². The van der Waals surface area contributed by atoms with E-state index < -0.39 is 5.54 Å². The number of nitriles is 1. The van der Waals surface area contributed by atoms with Crippen LogP contribution in [0.2, 0.25) is 0 Å². The topological polar surface area (TPSA) is 73.2 Å². The van der Waals surface area contributed by atoms with Crippen LogP contribution in [0.15, 0.2) is 0 Å². The van der Waals surface area contributed by atoms with E-state index in [2.05, 4.69) is 26.1 Å². The van der Waals surface area contributed by atoms with Gasteiger partial charge in [-0.15, -0.1) is 0 Å². The van der Waals surface area contributed by atoms with E-state index in [0.717, 1.165) is 12.8 Å². The highest BCUT2D eigenvalue weighted by Crippen LogP contribution is 2.43. The molecular formula is C15H23N3O2. The van der Waals surface area contributed by atoms with Crippen LogP contribution in [0, 0.1) is 22.7 Å². The van der Waals surface area contributed by atoms with E-state index >= 15 is 0 Å². The number of carbonyl (C=O) groups is 2. The van der Waals surface area contributed by atoms with Gasteiger partial charge in [0.05, 0.1) is 12.5 Å². The molecule has 1 saturated carbocycles. The molecule has 0 radical (unpaired) electrons. The van der Waals surface area contributed by atoms with Crippen molar-refractivity contribution in [3.8, 4) is 6.07 Å². The van der Waals surface area contributed by atoms with Crippen molar-refractivity contribution in [2.45, 2.75) is 58.4 Å². The molecule has 1 spiro atoms. The minimum Gasteiger partial charge on any atom is -0.323 e. The van der Waals surface area contributed by atoms with Crippen LogP contribution in [0.5, 0.6) is 0 Å². The number of hydrogen-bond donors (Lipinski definition) is 1. The first-order valence-electron chi connectivity index (χ1n) is 7.31. The zero-order chi connectivity index (χ0) is 15.0. The van der Waals surface area contributed by atoms with Crippen molar-refractivity contribution in [3.05, 3.63) is 0 Å². The van der Waals surface area contributed by atoms with E-state index in [9.17, 15) is 9.59 Å². The van der Waals surface area contributed by atoms with Crippen molar-refractivity contribution in [2.24, 2.45) is 11.3 Å². The molecule has 110 valence electrons. The van der Waals surface area contributed by atoms with E-state index in [1.807, 2.05) is 6.07 Å². The molecule has 1 heterocycles. The maximum atomic E-state index is 12.5. The first kappa shape index (κ1) is 14.8. The lowest BCUT2D eigenvalue weighted by Gasteiger charge is -2.40. The molecule has 2 fully saturated rings. The third kappa shape index (κ3) is 2.52. The molecule has 5 heteroatoms. The van der Waals surface area contributed by atoms with Crippen LogP contribution in [0.4, 0.5) is 4.79 Å². The second-order valence-electron chi connectivity index (χ2n) is 7.02. The number of nitrogens with one attached hydrogen (secondary N) is 1. The van der Waals surface area contributed by atoms with Gasteiger partial charge in [-0.1, -0.05) is 20.8 Å². The van der Waals surface area contributed by atoms with Crippen molar-refractivity contribution < 1.29 is 9.59 Å². The standard InChI is InChI=1S/C15H23N3O2/c1-14(2,3)11-5-7-15(8-6-11)12(19)18(10-4-9-16)13(20)17-15/h11H,4-8,10H2,1-3H3,(H,17,20). The van der Waals surface area contributed by atoms with E-state index in [0.29, 0.717) is 18.8 Å². The Labute approximate surface area is 120 Å². The number of rotatable bonds is 2. The second kappa shape index (κ2) is 5.08. The third-order valence-corrected chi connectivity index (χ3v) is 4.76. The SMILES string of the molecule is CC(C)(C)C1CCC2(CC1)NC(=O)N(CCC#N)C2=O. The van der Waals surface area contributed by atoms with E-state index in [1.165, 1.54) is 4.90 Å². The lowest BCUT2D eigenvalue weighted by molar-refractivity contribution is -0.133. The molecule has 0 aromatic rings. The molecule has 0 unspecified atom stereocenters. The number of urea groups is 1. The number of amides is 3. The minimum absolute atomic E-state index is 0.134. The van der Waals surface area contributed by atoms with Crippen molar-refractivity contribution >= 4 is 11.9 Å². The Morgan fingerprint density at radius 2 is 1.95 bits per heavy atom. The number of nitrogens with zero attached hydrogens (tertiary/aromatic N) is 2. The van der Waals surface area contributed by atoms with Gasteiger partial charge >= 0.3 is 6.03 Å². The van der Waals surface area contributed by atoms with Gasteiger partial charge in [0.1, 0.15) is 5.54 Å². The molecule has 20 heavy (non-hydrogen) atoms. The highest BCUT2D eigenvalue weighted by Gasteiger charge is 2.52. The summed E-state index contributed by atoms with van der Waals surface area (Å²) in [4.78, 5) is 25.6. The highest BCUT2D eigenvalue weighted by molar-refractivity contribution is 6.07. The average molecular weight is 277 g/mol. The summed E-state index contributed by atoms with van der Waals surface area (Å²) in [6.45, 7) is 6.88. The summed E-state index contributed by atoms with van der Waals surface area (Å²) in [6, 6.07) is 1.65. The Balaban J connectivity index is 2.06. The fraction of sp³-hybridized carbons (Fsp3) is 0.800. The van der Waals surface area contributed by atoms with Gasteiger partial charge in [-0.3, -0.25) is 9.69 Å². The van der Waals surface area contributed by atoms with Crippen LogP contribution >= 0.6 is 0 Å². The predicted octanol–water partition coefficient (Wildman–Crippen LogP) is 2.43. The normalized spacial score (nSPS) is 30.5. The smallest absolute Gasteiger partial charge is 0.323 e. The van der Waals surface area contributed by atoms with Crippen LogP contribution in [-0.4, -0.2) is 28.9 Å². The molecule has 0 aromatic heterocycles. The fourth-order valence-corrected chi connectivity index (χ4v) is 3.36. The summed E-state index contributed by atoms with van der Waals surface area (Å²) in [5.74, 6) is 0.455. The monoisotopic (exact) mass is 277 g/mol. The molecule has 3 amide bonds. The third-order valence-electron chi connectivity index (χ3n) is 4.76. The number of hydrogen-bond acceptors (Lipinski definition) is 3. The van der Waals surface area contributed by atoms with Gasteiger partial charge in [-0.2, -0.15) is 5.26 Å². The second-order valence-corrected chi connectivity index (χ2v) is 7.02. The van der Waals surface area contributed by atoms with Crippen molar-refractivity contribution in [1.82, 2.24) is 10.2 Å². The van der Waals surface area contributed by atoms with E-state index in [4.69, 9.17) is 5.26 Å². The van der Waals surface area contributed by atoms with Gasteiger partial charge in [0, 0.05) is 6.54 Å². The van der Waals surface area contributed by atoms with Crippen LogP contribution in [0.1, 0.15) is 52.9 Å². The lowest BCUT2D eigenvalue weighted by Crippen LogP contribution is -2.50. The van der Waals surface area contributed by atoms with Gasteiger partial charge in [-0.05, 0) is 37.0 Å². The Morgan fingerprint density at radius 3 is 2.45 bits per heavy atom. The zero-order valence-corrected chi connectivity index (χ0v) is 12.5. The first-order chi connectivity index (χ1) is 9.30. The first-order valence-corrected chi connectivity index (χ1v) is 7.31. The number of imide groups is 1. The Hall–Kier alpha value is -1.57. The molecule has 1 saturated heterocycles. The molecule has 1 aliphatic heterocycles. The summed E-state index contributed by atoms with van der Waals surface area (Å²) in [7, 11) is 0. The van der Waals surface area contributed by atoms with Crippen molar-refractivity contribution in [3.63, 3.8) is 0 Å². The lowest BCUT2D eigenvalue weighted by atomic mass is 9.67. The van der Waals surface area contributed by atoms with Crippen molar-refractivity contribution in [1.29, 1.82) is 5.26 Å². The maximum Gasteiger partial charge on any atom is 0.325 e. The Kier molecular flexibility index (Phi) is 3.77. The molecular weight excluding hydrogens is 254 g/mol. The van der Waals surface area contributed by atoms with Gasteiger partial charge in [-0.25, -0.2) is 4.79 Å². The fourth-order valence-electron chi connectivity index (χ4n) is 3.36. The van der Waals surface area contributed by atoms with Crippen molar-refractivity contribution in [2.75, 3.05) is 6.54 Å². The Morgan fingerprint density at radius 1 is 1.35 bits per heavy atom. The summed E-state index contributed by atoms with van der Waals surface area (Å²) in [5, 5.41) is 11.5. The molecule has 2 aliphatic rings. The quantitative estimate of drug-likeness (QED) is 0.788. The largest absolute Gasteiger partial charge is 0.325 e.